The Kier molecular flexibility index (Phi) is 3.64. The summed E-state index contributed by atoms with van der Waals surface area (Å²) in [5.41, 5.74) is 1.08. The predicted octanol–water partition coefficient (Wildman–Crippen LogP) is 1.98. The lowest BCUT2D eigenvalue weighted by Gasteiger charge is -2.24. The summed E-state index contributed by atoms with van der Waals surface area (Å²) in [5, 5.41) is 0. The SMILES string of the molecule is CC(C)=CC(=O)N(C[C@@H]1CCOC1)C1CC1. The normalized spacial score (nSPS) is 24.2. The van der Waals surface area contributed by atoms with Gasteiger partial charge in [0.1, 0.15) is 0 Å². The lowest BCUT2D eigenvalue weighted by atomic mass is 10.1. The van der Waals surface area contributed by atoms with Crippen molar-refractivity contribution in [3.63, 3.8) is 0 Å². The topological polar surface area (TPSA) is 29.5 Å². The first-order valence-electron chi connectivity index (χ1n) is 6.20. The van der Waals surface area contributed by atoms with E-state index in [0.29, 0.717) is 12.0 Å². The van der Waals surface area contributed by atoms with E-state index < -0.39 is 0 Å². The highest BCUT2D eigenvalue weighted by Gasteiger charge is 2.33. The Morgan fingerprint density at radius 3 is 2.62 bits per heavy atom. The van der Waals surface area contributed by atoms with Gasteiger partial charge in [0.25, 0.3) is 0 Å². The number of ether oxygens (including phenoxy) is 1. The summed E-state index contributed by atoms with van der Waals surface area (Å²) < 4.78 is 5.37. The molecule has 1 heterocycles. The largest absolute Gasteiger partial charge is 0.381 e. The lowest BCUT2D eigenvalue weighted by Crippen LogP contribution is -2.36. The van der Waals surface area contributed by atoms with E-state index in [1.165, 1.54) is 12.8 Å². The first-order chi connectivity index (χ1) is 7.66. The number of allylic oxidation sites excluding steroid dienone is 1. The van der Waals surface area contributed by atoms with Crippen LogP contribution in [0.15, 0.2) is 11.6 Å². The zero-order chi connectivity index (χ0) is 11.5. The molecule has 16 heavy (non-hydrogen) atoms. The van der Waals surface area contributed by atoms with Crippen LogP contribution in [0.25, 0.3) is 0 Å². The van der Waals surface area contributed by atoms with Crippen molar-refractivity contribution in [2.45, 2.75) is 39.2 Å². The van der Waals surface area contributed by atoms with Crippen LogP contribution < -0.4 is 0 Å². The van der Waals surface area contributed by atoms with Gasteiger partial charge in [-0.05, 0) is 33.1 Å². The number of hydrogen-bond donors (Lipinski definition) is 0. The van der Waals surface area contributed by atoms with E-state index in [9.17, 15) is 4.79 Å². The molecule has 1 saturated carbocycles. The van der Waals surface area contributed by atoms with Crippen LogP contribution in [-0.2, 0) is 9.53 Å². The van der Waals surface area contributed by atoms with Crippen molar-refractivity contribution >= 4 is 5.91 Å². The Morgan fingerprint density at radius 1 is 1.38 bits per heavy atom. The van der Waals surface area contributed by atoms with Crippen LogP contribution in [0, 0.1) is 5.92 Å². The quantitative estimate of drug-likeness (QED) is 0.682. The van der Waals surface area contributed by atoms with E-state index in [0.717, 1.165) is 31.8 Å². The Balaban J connectivity index is 1.93. The van der Waals surface area contributed by atoms with Gasteiger partial charge in [0.2, 0.25) is 5.91 Å². The molecule has 3 heteroatoms. The molecule has 0 radical (unpaired) electrons. The maximum atomic E-state index is 12.0. The Bertz CT molecular complexity index is 284. The van der Waals surface area contributed by atoms with Crippen molar-refractivity contribution in [2.24, 2.45) is 5.92 Å². The average Bonchev–Trinajstić information content (AvgIpc) is 2.91. The van der Waals surface area contributed by atoms with Gasteiger partial charge in [0.15, 0.2) is 0 Å². The third-order valence-electron chi connectivity index (χ3n) is 3.16. The lowest BCUT2D eigenvalue weighted by molar-refractivity contribution is -0.127. The summed E-state index contributed by atoms with van der Waals surface area (Å²) in [6, 6.07) is 0.503. The van der Waals surface area contributed by atoms with Crippen molar-refractivity contribution < 1.29 is 9.53 Å². The molecule has 0 aromatic rings. The molecule has 90 valence electrons. The standard InChI is InChI=1S/C13H21NO2/c1-10(2)7-13(15)14(12-3-4-12)8-11-5-6-16-9-11/h7,11-12H,3-6,8-9H2,1-2H3/t11-/m0/s1. The molecular formula is C13H21NO2. The summed E-state index contributed by atoms with van der Waals surface area (Å²) in [4.78, 5) is 14.1. The van der Waals surface area contributed by atoms with Crippen LogP contribution in [0.1, 0.15) is 33.1 Å². The zero-order valence-corrected chi connectivity index (χ0v) is 10.2. The average molecular weight is 223 g/mol. The Labute approximate surface area is 97.5 Å². The van der Waals surface area contributed by atoms with Crippen LogP contribution >= 0.6 is 0 Å². The van der Waals surface area contributed by atoms with E-state index in [1.54, 1.807) is 6.08 Å². The minimum Gasteiger partial charge on any atom is -0.381 e. The summed E-state index contributed by atoms with van der Waals surface area (Å²) in [5.74, 6) is 0.740. The van der Waals surface area contributed by atoms with Crippen LogP contribution in [0.5, 0.6) is 0 Å². The Morgan fingerprint density at radius 2 is 2.12 bits per heavy atom. The zero-order valence-electron chi connectivity index (χ0n) is 10.2. The molecule has 0 bridgehead atoms. The van der Waals surface area contributed by atoms with E-state index in [-0.39, 0.29) is 5.91 Å². The molecule has 0 aromatic carbocycles. The summed E-state index contributed by atoms with van der Waals surface area (Å²) in [6.45, 7) is 6.52. The van der Waals surface area contributed by atoms with E-state index in [2.05, 4.69) is 0 Å². The van der Waals surface area contributed by atoms with E-state index >= 15 is 0 Å². The molecular weight excluding hydrogens is 202 g/mol. The van der Waals surface area contributed by atoms with Crippen molar-refractivity contribution in [1.82, 2.24) is 4.90 Å². The molecule has 2 aliphatic rings. The fourth-order valence-electron chi connectivity index (χ4n) is 2.14. The fraction of sp³-hybridized carbons (Fsp3) is 0.769. The van der Waals surface area contributed by atoms with Crippen LogP contribution in [0.2, 0.25) is 0 Å². The monoisotopic (exact) mass is 223 g/mol. The smallest absolute Gasteiger partial charge is 0.246 e. The molecule has 0 N–H and O–H groups in total. The third kappa shape index (κ3) is 3.08. The van der Waals surface area contributed by atoms with Gasteiger partial charge in [-0.25, -0.2) is 0 Å². The summed E-state index contributed by atoms with van der Waals surface area (Å²) in [6.07, 6.45) is 5.21. The number of hydrogen-bond acceptors (Lipinski definition) is 2. The summed E-state index contributed by atoms with van der Waals surface area (Å²) >= 11 is 0. The number of carbonyl (C=O) groups excluding carboxylic acids is 1. The second kappa shape index (κ2) is 5.00. The van der Waals surface area contributed by atoms with Crippen LogP contribution in [0.3, 0.4) is 0 Å². The van der Waals surface area contributed by atoms with Gasteiger partial charge in [-0.15, -0.1) is 0 Å². The molecule has 2 fully saturated rings. The highest BCUT2D eigenvalue weighted by molar-refractivity contribution is 5.88. The third-order valence-corrected chi connectivity index (χ3v) is 3.16. The van der Waals surface area contributed by atoms with Gasteiger partial charge in [-0.3, -0.25) is 4.79 Å². The van der Waals surface area contributed by atoms with Crippen molar-refractivity contribution in [1.29, 1.82) is 0 Å². The van der Waals surface area contributed by atoms with Gasteiger partial charge in [-0.1, -0.05) is 5.57 Å². The first kappa shape index (κ1) is 11.6. The highest BCUT2D eigenvalue weighted by atomic mass is 16.5. The molecule has 0 aromatic heterocycles. The first-order valence-corrected chi connectivity index (χ1v) is 6.20. The van der Waals surface area contributed by atoms with Crippen LogP contribution in [0.4, 0.5) is 0 Å². The van der Waals surface area contributed by atoms with E-state index in [4.69, 9.17) is 4.74 Å². The minimum absolute atomic E-state index is 0.189. The second-order valence-corrected chi connectivity index (χ2v) is 5.17. The molecule has 1 atom stereocenters. The molecule has 1 amide bonds. The molecule has 1 aliphatic carbocycles. The van der Waals surface area contributed by atoms with Gasteiger partial charge >= 0.3 is 0 Å². The number of rotatable bonds is 4. The molecule has 0 spiro atoms. The van der Waals surface area contributed by atoms with Crippen molar-refractivity contribution in [3.05, 3.63) is 11.6 Å². The predicted molar refractivity (Wildman–Crippen MR) is 63.1 cm³/mol. The molecule has 2 rings (SSSR count). The molecule has 1 saturated heterocycles. The van der Waals surface area contributed by atoms with Gasteiger partial charge in [0, 0.05) is 31.2 Å². The number of nitrogens with zero attached hydrogens (tertiary/aromatic N) is 1. The van der Waals surface area contributed by atoms with E-state index in [1.807, 2.05) is 18.7 Å². The number of carbonyl (C=O) groups is 1. The summed E-state index contributed by atoms with van der Waals surface area (Å²) in [7, 11) is 0. The van der Waals surface area contributed by atoms with Crippen LogP contribution in [-0.4, -0.2) is 36.6 Å². The molecule has 1 aliphatic heterocycles. The van der Waals surface area contributed by atoms with Crippen molar-refractivity contribution in [2.75, 3.05) is 19.8 Å². The second-order valence-electron chi connectivity index (χ2n) is 5.17. The molecule has 3 nitrogen and oxygen atoms in total. The maximum absolute atomic E-state index is 12.0. The molecule has 0 unspecified atom stereocenters. The van der Waals surface area contributed by atoms with Crippen molar-refractivity contribution in [3.8, 4) is 0 Å². The fourth-order valence-corrected chi connectivity index (χ4v) is 2.14. The van der Waals surface area contributed by atoms with Gasteiger partial charge in [-0.2, -0.15) is 0 Å². The minimum atomic E-state index is 0.189. The van der Waals surface area contributed by atoms with Gasteiger partial charge < -0.3 is 9.64 Å². The maximum Gasteiger partial charge on any atom is 0.246 e. The number of amides is 1. The Hall–Kier alpha value is -0.830. The van der Waals surface area contributed by atoms with Gasteiger partial charge in [0.05, 0.1) is 6.61 Å². The highest BCUT2D eigenvalue weighted by Crippen LogP contribution is 2.29.